The highest BCUT2D eigenvalue weighted by molar-refractivity contribution is 5.89. The van der Waals surface area contributed by atoms with E-state index >= 15 is 0 Å². The lowest BCUT2D eigenvalue weighted by Crippen LogP contribution is -2.50. The third-order valence-electron chi connectivity index (χ3n) is 5.52. The highest BCUT2D eigenvalue weighted by Gasteiger charge is 2.23. The minimum absolute atomic E-state index is 0.0376. The average molecular weight is 380 g/mol. The van der Waals surface area contributed by atoms with Crippen LogP contribution in [0.4, 0.5) is 22.2 Å². The van der Waals surface area contributed by atoms with Crippen LogP contribution in [-0.2, 0) is 6.42 Å². The Morgan fingerprint density at radius 2 is 1.68 bits per heavy atom. The summed E-state index contributed by atoms with van der Waals surface area (Å²) < 4.78 is 0. The fourth-order valence-corrected chi connectivity index (χ4v) is 3.75. The van der Waals surface area contributed by atoms with Gasteiger partial charge in [-0.15, -0.1) is 0 Å². The number of amides is 2. The van der Waals surface area contributed by atoms with Crippen LogP contribution in [0.5, 0.6) is 0 Å². The smallest absolute Gasteiger partial charge is 0.321 e. The number of rotatable bonds is 4. The standard InChI is InChI=1S/C21H28N6O/c1-2-17-5-7-18(8-6-17)23-21(28)27-15-13-25(14-16-27)19-9-10-22-20(24-19)26-11-3-4-12-26/h5-10H,2-4,11-16H2,1H3,(H,23,28). The summed E-state index contributed by atoms with van der Waals surface area (Å²) in [5, 5.41) is 3.00. The van der Waals surface area contributed by atoms with Gasteiger partial charge in [-0.2, -0.15) is 4.98 Å². The second-order valence-corrected chi connectivity index (χ2v) is 7.36. The molecule has 0 atom stereocenters. The van der Waals surface area contributed by atoms with Crippen molar-refractivity contribution in [2.24, 2.45) is 0 Å². The van der Waals surface area contributed by atoms with E-state index in [1.165, 1.54) is 18.4 Å². The molecule has 148 valence electrons. The Labute approximate surface area is 166 Å². The number of benzene rings is 1. The molecule has 1 N–H and O–H groups in total. The van der Waals surface area contributed by atoms with Gasteiger partial charge in [-0.25, -0.2) is 9.78 Å². The Hall–Kier alpha value is -2.83. The van der Waals surface area contributed by atoms with Crippen LogP contribution >= 0.6 is 0 Å². The molecule has 0 unspecified atom stereocenters. The predicted molar refractivity (Wildman–Crippen MR) is 112 cm³/mol. The Morgan fingerprint density at radius 1 is 0.964 bits per heavy atom. The van der Waals surface area contributed by atoms with E-state index in [-0.39, 0.29) is 6.03 Å². The summed E-state index contributed by atoms with van der Waals surface area (Å²) in [4.78, 5) is 28.1. The quantitative estimate of drug-likeness (QED) is 0.883. The van der Waals surface area contributed by atoms with Crippen molar-refractivity contribution in [3.63, 3.8) is 0 Å². The van der Waals surface area contributed by atoms with Gasteiger partial charge in [-0.05, 0) is 43.0 Å². The molecule has 2 aliphatic heterocycles. The van der Waals surface area contributed by atoms with Gasteiger partial charge in [0.15, 0.2) is 0 Å². The number of carbonyl (C=O) groups excluding carboxylic acids is 1. The Morgan fingerprint density at radius 3 is 2.36 bits per heavy atom. The van der Waals surface area contributed by atoms with Crippen LogP contribution in [0.25, 0.3) is 0 Å². The van der Waals surface area contributed by atoms with Gasteiger partial charge in [0.1, 0.15) is 5.82 Å². The van der Waals surface area contributed by atoms with Crippen LogP contribution in [-0.4, -0.2) is 60.2 Å². The number of hydrogen-bond donors (Lipinski definition) is 1. The monoisotopic (exact) mass is 380 g/mol. The molecule has 7 nitrogen and oxygen atoms in total. The lowest BCUT2D eigenvalue weighted by Gasteiger charge is -2.35. The maximum absolute atomic E-state index is 12.6. The van der Waals surface area contributed by atoms with E-state index in [2.05, 4.69) is 39.2 Å². The topological polar surface area (TPSA) is 64.6 Å². The Bertz CT molecular complexity index is 795. The Kier molecular flexibility index (Phi) is 5.60. The van der Waals surface area contributed by atoms with Crippen LogP contribution < -0.4 is 15.1 Å². The van der Waals surface area contributed by atoms with Gasteiger partial charge in [0.2, 0.25) is 5.95 Å². The maximum Gasteiger partial charge on any atom is 0.321 e. The number of aromatic nitrogens is 2. The molecule has 7 heteroatoms. The molecule has 0 spiro atoms. The molecule has 2 aliphatic rings. The van der Waals surface area contributed by atoms with Crippen molar-refractivity contribution < 1.29 is 4.79 Å². The van der Waals surface area contributed by atoms with Crippen LogP contribution in [0.15, 0.2) is 36.5 Å². The second-order valence-electron chi connectivity index (χ2n) is 7.36. The number of anilines is 3. The van der Waals surface area contributed by atoms with E-state index in [0.717, 1.165) is 50.1 Å². The first-order valence-corrected chi connectivity index (χ1v) is 10.2. The van der Waals surface area contributed by atoms with Gasteiger partial charge in [0.25, 0.3) is 0 Å². The minimum Gasteiger partial charge on any atom is -0.353 e. The zero-order valence-electron chi connectivity index (χ0n) is 16.5. The molecule has 0 saturated carbocycles. The molecule has 0 aliphatic carbocycles. The summed E-state index contributed by atoms with van der Waals surface area (Å²) >= 11 is 0. The SMILES string of the molecule is CCc1ccc(NC(=O)N2CCN(c3ccnc(N4CCCC4)n3)CC2)cc1. The summed E-state index contributed by atoms with van der Waals surface area (Å²) in [6.07, 6.45) is 5.26. The molecule has 2 saturated heterocycles. The number of aryl methyl sites for hydroxylation is 1. The van der Waals surface area contributed by atoms with Crippen molar-refractivity contribution in [3.8, 4) is 0 Å². The molecular formula is C21H28N6O. The molecule has 1 aromatic carbocycles. The largest absolute Gasteiger partial charge is 0.353 e. The minimum atomic E-state index is -0.0376. The number of nitrogens with one attached hydrogen (secondary N) is 1. The van der Waals surface area contributed by atoms with Gasteiger partial charge in [0, 0.05) is 51.2 Å². The zero-order chi connectivity index (χ0) is 19.3. The van der Waals surface area contributed by atoms with E-state index in [0.29, 0.717) is 13.1 Å². The first-order chi connectivity index (χ1) is 13.7. The molecule has 2 aromatic rings. The predicted octanol–water partition coefficient (Wildman–Crippen LogP) is 2.99. The first kappa shape index (κ1) is 18.5. The van der Waals surface area contributed by atoms with E-state index < -0.39 is 0 Å². The molecule has 28 heavy (non-hydrogen) atoms. The van der Waals surface area contributed by atoms with Crippen molar-refractivity contribution in [1.82, 2.24) is 14.9 Å². The fraction of sp³-hybridized carbons (Fsp3) is 0.476. The molecular weight excluding hydrogens is 352 g/mol. The van der Waals surface area contributed by atoms with Gasteiger partial charge in [-0.3, -0.25) is 0 Å². The lowest BCUT2D eigenvalue weighted by molar-refractivity contribution is 0.208. The normalized spacial score (nSPS) is 17.1. The molecule has 1 aromatic heterocycles. The lowest BCUT2D eigenvalue weighted by atomic mass is 10.1. The zero-order valence-corrected chi connectivity index (χ0v) is 16.5. The van der Waals surface area contributed by atoms with Crippen molar-refractivity contribution in [2.45, 2.75) is 26.2 Å². The van der Waals surface area contributed by atoms with E-state index in [9.17, 15) is 4.79 Å². The van der Waals surface area contributed by atoms with Gasteiger partial charge >= 0.3 is 6.03 Å². The number of carbonyl (C=O) groups is 1. The van der Waals surface area contributed by atoms with E-state index in [4.69, 9.17) is 4.98 Å². The summed E-state index contributed by atoms with van der Waals surface area (Å²) in [7, 11) is 0. The number of nitrogens with zero attached hydrogens (tertiary/aromatic N) is 5. The van der Waals surface area contributed by atoms with Crippen molar-refractivity contribution in [2.75, 3.05) is 54.4 Å². The summed E-state index contributed by atoms with van der Waals surface area (Å²) in [5.74, 6) is 1.78. The van der Waals surface area contributed by atoms with Crippen LogP contribution in [0, 0.1) is 0 Å². The maximum atomic E-state index is 12.6. The van der Waals surface area contributed by atoms with E-state index in [1.807, 2.05) is 29.3 Å². The molecule has 4 rings (SSSR count). The summed E-state index contributed by atoms with van der Waals surface area (Å²) in [6.45, 7) is 7.12. The van der Waals surface area contributed by atoms with Crippen LogP contribution in [0.2, 0.25) is 0 Å². The number of urea groups is 1. The fourth-order valence-electron chi connectivity index (χ4n) is 3.75. The third kappa shape index (κ3) is 4.18. The average Bonchev–Trinajstić information content (AvgIpc) is 3.29. The number of piperazine rings is 1. The number of hydrogen-bond acceptors (Lipinski definition) is 5. The Balaban J connectivity index is 1.32. The molecule has 2 fully saturated rings. The van der Waals surface area contributed by atoms with Crippen LogP contribution in [0.3, 0.4) is 0 Å². The van der Waals surface area contributed by atoms with Gasteiger partial charge in [-0.1, -0.05) is 19.1 Å². The molecule has 2 amide bonds. The highest BCUT2D eigenvalue weighted by Crippen LogP contribution is 2.20. The first-order valence-electron chi connectivity index (χ1n) is 10.2. The van der Waals surface area contributed by atoms with Gasteiger partial charge < -0.3 is 20.0 Å². The van der Waals surface area contributed by atoms with Crippen molar-refractivity contribution >= 4 is 23.5 Å². The third-order valence-corrected chi connectivity index (χ3v) is 5.52. The summed E-state index contributed by atoms with van der Waals surface area (Å²) in [6, 6.07) is 9.97. The highest BCUT2D eigenvalue weighted by atomic mass is 16.2. The van der Waals surface area contributed by atoms with Crippen LogP contribution in [0.1, 0.15) is 25.3 Å². The van der Waals surface area contributed by atoms with Gasteiger partial charge in [0.05, 0.1) is 0 Å². The second kappa shape index (κ2) is 8.46. The molecule has 0 radical (unpaired) electrons. The van der Waals surface area contributed by atoms with Crippen molar-refractivity contribution in [3.05, 3.63) is 42.1 Å². The van der Waals surface area contributed by atoms with Crippen molar-refractivity contribution in [1.29, 1.82) is 0 Å². The molecule has 0 bridgehead atoms. The molecule has 3 heterocycles. The summed E-state index contributed by atoms with van der Waals surface area (Å²) in [5.41, 5.74) is 2.11. The van der Waals surface area contributed by atoms with E-state index in [1.54, 1.807) is 0 Å².